The Kier molecular flexibility index (Phi) is 5.10. The molecule has 2 aromatic heterocycles. The number of amides is 1. The summed E-state index contributed by atoms with van der Waals surface area (Å²) >= 11 is 0. The fraction of sp³-hybridized carbons (Fsp3) is 0.318. The van der Waals surface area contributed by atoms with Gasteiger partial charge in [-0.05, 0) is 43.5 Å². The zero-order valence-corrected chi connectivity index (χ0v) is 15.8. The number of aromatic nitrogens is 2. The van der Waals surface area contributed by atoms with Gasteiger partial charge in [0, 0.05) is 19.2 Å². The highest BCUT2D eigenvalue weighted by molar-refractivity contribution is 5.83. The van der Waals surface area contributed by atoms with E-state index in [4.69, 9.17) is 4.42 Å². The molecule has 1 aliphatic heterocycles. The molecule has 0 saturated carbocycles. The summed E-state index contributed by atoms with van der Waals surface area (Å²) in [5.41, 5.74) is 1.54. The Morgan fingerprint density at radius 3 is 2.50 bits per heavy atom. The largest absolute Gasteiger partial charge is 0.463 e. The summed E-state index contributed by atoms with van der Waals surface area (Å²) in [4.78, 5) is 27.1. The van der Waals surface area contributed by atoms with Crippen LogP contribution in [0.5, 0.6) is 0 Å². The maximum Gasteiger partial charge on any atom is 0.267 e. The van der Waals surface area contributed by atoms with E-state index >= 15 is 0 Å². The van der Waals surface area contributed by atoms with Crippen molar-refractivity contribution in [1.82, 2.24) is 14.7 Å². The van der Waals surface area contributed by atoms with Crippen molar-refractivity contribution in [2.24, 2.45) is 0 Å². The van der Waals surface area contributed by atoms with Crippen molar-refractivity contribution in [2.75, 3.05) is 13.1 Å². The van der Waals surface area contributed by atoms with Gasteiger partial charge in [0.1, 0.15) is 5.69 Å². The smallest absolute Gasteiger partial charge is 0.267 e. The quantitative estimate of drug-likeness (QED) is 0.698. The number of hydrogen-bond donors (Lipinski definition) is 0. The zero-order valence-electron chi connectivity index (χ0n) is 15.8. The lowest BCUT2D eigenvalue weighted by Crippen LogP contribution is -2.42. The van der Waals surface area contributed by atoms with Crippen LogP contribution in [0.15, 0.2) is 70.1 Å². The van der Waals surface area contributed by atoms with E-state index in [0.717, 1.165) is 5.56 Å². The van der Waals surface area contributed by atoms with Gasteiger partial charge in [0.15, 0.2) is 5.76 Å². The molecule has 0 unspecified atom stereocenters. The molecule has 3 heterocycles. The molecule has 1 aliphatic rings. The molecule has 1 aromatic carbocycles. The van der Waals surface area contributed by atoms with Crippen LogP contribution in [0.2, 0.25) is 0 Å². The molecule has 4 rings (SSSR count). The molecule has 0 radical (unpaired) electrons. The third-order valence-electron chi connectivity index (χ3n) is 5.39. The van der Waals surface area contributed by atoms with Crippen molar-refractivity contribution in [3.63, 3.8) is 0 Å². The van der Waals surface area contributed by atoms with Gasteiger partial charge in [-0.15, -0.1) is 0 Å². The van der Waals surface area contributed by atoms with E-state index in [1.54, 1.807) is 23.1 Å². The summed E-state index contributed by atoms with van der Waals surface area (Å²) in [6.45, 7) is 3.20. The van der Waals surface area contributed by atoms with E-state index in [9.17, 15) is 9.59 Å². The maximum absolute atomic E-state index is 12.8. The van der Waals surface area contributed by atoms with E-state index in [1.807, 2.05) is 48.2 Å². The van der Waals surface area contributed by atoms with Crippen molar-refractivity contribution < 1.29 is 9.21 Å². The Hall–Kier alpha value is -3.15. The minimum Gasteiger partial charge on any atom is -0.463 e. The standard InChI is InChI=1S/C22H23N3O3/c1-16(17-6-3-2-4-7-17)22(27)24-13-11-18(12-14-24)25-21(26)10-9-19(23-25)20-8-5-15-28-20/h2-10,15-16,18H,11-14H2,1H3/t16-/m1/s1. The number of carbonyl (C=O) groups is 1. The maximum atomic E-state index is 12.8. The third-order valence-corrected chi connectivity index (χ3v) is 5.39. The van der Waals surface area contributed by atoms with Crippen molar-refractivity contribution >= 4 is 5.91 Å². The van der Waals surface area contributed by atoms with Crippen LogP contribution in [0.3, 0.4) is 0 Å². The first kappa shape index (κ1) is 18.2. The Morgan fingerprint density at radius 1 is 1.07 bits per heavy atom. The molecule has 0 N–H and O–H groups in total. The summed E-state index contributed by atoms with van der Waals surface area (Å²) in [5.74, 6) is 0.605. The monoisotopic (exact) mass is 377 g/mol. The second-order valence-electron chi connectivity index (χ2n) is 7.17. The van der Waals surface area contributed by atoms with E-state index in [-0.39, 0.29) is 23.4 Å². The molecule has 1 fully saturated rings. The molecule has 6 heteroatoms. The molecule has 1 saturated heterocycles. The Bertz CT molecular complexity index is 987. The minimum absolute atomic E-state index is 0.0153. The number of furan rings is 1. The van der Waals surface area contributed by atoms with Crippen LogP contribution in [0.4, 0.5) is 0 Å². The zero-order chi connectivity index (χ0) is 19.5. The Morgan fingerprint density at radius 2 is 1.82 bits per heavy atom. The molecule has 6 nitrogen and oxygen atoms in total. The van der Waals surface area contributed by atoms with Gasteiger partial charge in [-0.25, -0.2) is 4.68 Å². The summed E-state index contributed by atoms with van der Waals surface area (Å²) < 4.78 is 6.93. The Labute approximate surface area is 163 Å². The highest BCUT2D eigenvalue weighted by Gasteiger charge is 2.28. The van der Waals surface area contributed by atoms with Crippen LogP contribution in [0.25, 0.3) is 11.5 Å². The first-order valence-corrected chi connectivity index (χ1v) is 9.61. The molecule has 0 spiro atoms. The number of piperidine rings is 1. The van der Waals surface area contributed by atoms with Crippen LogP contribution >= 0.6 is 0 Å². The molecule has 0 aliphatic carbocycles. The lowest BCUT2D eigenvalue weighted by molar-refractivity contribution is -0.133. The van der Waals surface area contributed by atoms with Crippen molar-refractivity contribution in [2.45, 2.75) is 31.7 Å². The fourth-order valence-corrected chi connectivity index (χ4v) is 3.73. The van der Waals surface area contributed by atoms with Crippen molar-refractivity contribution in [3.8, 4) is 11.5 Å². The molecule has 144 valence electrons. The SMILES string of the molecule is C[C@@H](C(=O)N1CCC(n2nc(-c3ccco3)ccc2=O)CC1)c1ccccc1. The molecule has 0 bridgehead atoms. The first-order chi connectivity index (χ1) is 13.6. The van der Waals surface area contributed by atoms with Crippen LogP contribution in [0, 0.1) is 0 Å². The number of carbonyl (C=O) groups excluding carboxylic acids is 1. The average Bonchev–Trinajstić information content (AvgIpc) is 3.29. The van der Waals surface area contributed by atoms with Gasteiger partial charge in [0.25, 0.3) is 5.56 Å². The fourth-order valence-electron chi connectivity index (χ4n) is 3.73. The number of likely N-dealkylation sites (tertiary alicyclic amines) is 1. The van der Waals surface area contributed by atoms with Crippen LogP contribution in [-0.2, 0) is 4.79 Å². The predicted molar refractivity (Wildman–Crippen MR) is 106 cm³/mol. The van der Waals surface area contributed by atoms with E-state index < -0.39 is 0 Å². The van der Waals surface area contributed by atoms with Crippen LogP contribution in [-0.4, -0.2) is 33.7 Å². The molecule has 3 aromatic rings. The van der Waals surface area contributed by atoms with Gasteiger partial charge in [-0.2, -0.15) is 5.10 Å². The van der Waals surface area contributed by atoms with Crippen molar-refractivity contribution in [3.05, 3.63) is 76.8 Å². The number of rotatable bonds is 4. The third kappa shape index (κ3) is 3.63. The summed E-state index contributed by atoms with van der Waals surface area (Å²) in [5, 5.41) is 4.50. The Balaban J connectivity index is 1.45. The highest BCUT2D eigenvalue weighted by Crippen LogP contribution is 2.25. The topological polar surface area (TPSA) is 68.3 Å². The van der Waals surface area contributed by atoms with Crippen LogP contribution in [0.1, 0.15) is 37.3 Å². The number of benzene rings is 1. The molecule has 1 atom stereocenters. The molecular formula is C22H23N3O3. The summed E-state index contributed by atoms with van der Waals surface area (Å²) in [7, 11) is 0. The van der Waals surface area contributed by atoms with Gasteiger partial charge in [-0.3, -0.25) is 9.59 Å². The average molecular weight is 377 g/mol. The first-order valence-electron chi connectivity index (χ1n) is 9.61. The second-order valence-corrected chi connectivity index (χ2v) is 7.17. The van der Waals surface area contributed by atoms with E-state index in [2.05, 4.69) is 5.10 Å². The molecular weight excluding hydrogens is 354 g/mol. The van der Waals surface area contributed by atoms with Gasteiger partial charge in [0.05, 0.1) is 18.2 Å². The van der Waals surface area contributed by atoms with Crippen molar-refractivity contribution in [1.29, 1.82) is 0 Å². The lowest BCUT2D eigenvalue weighted by Gasteiger charge is -2.34. The van der Waals surface area contributed by atoms with E-state index in [1.165, 1.54) is 6.07 Å². The van der Waals surface area contributed by atoms with Gasteiger partial charge >= 0.3 is 0 Å². The summed E-state index contributed by atoms with van der Waals surface area (Å²) in [6, 6.07) is 16.6. The van der Waals surface area contributed by atoms with Gasteiger partial charge in [-0.1, -0.05) is 30.3 Å². The normalized spacial score (nSPS) is 16.1. The minimum atomic E-state index is -0.166. The molecule has 1 amide bonds. The summed E-state index contributed by atoms with van der Waals surface area (Å²) in [6.07, 6.45) is 3.01. The second kappa shape index (κ2) is 7.84. The lowest BCUT2D eigenvalue weighted by atomic mass is 9.97. The predicted octanol–water partition coefficient (Wildman–Crippen LogP) is 3.47. The van der Waals surface area contributed by atoms with E-state index in [0.29, 0.717) is 37.4 Å². The molecule has 28 heavy (non-hydrogen) atoms. The van der Waals surface area contributed by atoms with Gasteiger partial charge < -0.3 is 9.32 Å². The number of nitrogens with zero attached hydrogens (tertiary/aromatic N) is 3. The highest BCUT2D eigenvalue weighted by atomic mass is 16.3. The number of hydrogen-bond acceptors (Lipinski definition) is 4. The van der Waals surface area contributed by atoms with Gasteiger partial charge in [0.2, 0.25) is 5.91 Å². The van der Waals surface area contributed by atoms with Crippen LogP contribution < -0.4 is 5.56 Å².